The molecule has 0 aliphatic rings. The quantitative estimate of drug-likeness (QED) is 0.940. The maximum absolute atomic E-state index is 13.1. The van der Waals surface area contributed by atoms with Gasteiger partial charge in [0.25, 0.3) is 0 Å². The fraction of sp³-hybridized carbons (Fsp3) is 0.250. The van der Waals surface area contributed by atoms with Crippen molar-refractivity contribution in [1.82, 2.24) is 9.78 Å². The van der Waals surface area contributed by atoms with E-state index in [0.717, 1.165) is 11.4 Å². The van der Waals surface area contributed by atoms with Crippen molar-refractivity contribution in [2.45, 2.75) is 13.0 Å². The van der Waals surface area contributed by atoms with Crippen LogP contribution in [0.2, 0.25) is 0 Å². The zero-order chi connectivity index (χ0) is 12.4. The molecule has 1 atom stereocenters. The van der Waals surface area contributed by atoms with E-state index in [1.54, 1.807) is 16.8 Å². The summed E-state index contributed by atoms with van der Waals surface area (Å²) in [5.41, 5.74) is 1.00. The Morgan fingerprint density at radius 3 is 2.76 bits per heavy atom. The van der Waals surface area contributed by atoms with Gasteiger partial charge in [-0.2, -0.15) is 5.10 Å². The molecular weight excluding hydrogens is 285 g/mol. The minimum absolute atomic E-state index is 0.0711. The molecule has 0 saturated heterocycles. The van der Waals surface area contributed by atoms with Gasteiger partial charge in [-0.3, -0.25) is 4.68 Å². The number of rotatable bonds is 3. The molecule has 0 aliphatic heterocycles. The molecule has 1 aromatic heterocycles. The molecule has 5 heteroatoms. The normalized spacial score (nSPS) is 12.5. The van der Waals surface area contributed by atoms with Gasteiger partial charge in [0.1, 0.15) is 11.6 Å². The molecule has 0 fully saturated rings. The maximum Gasteiger partial charge on any atom is 0.148 e. The van der Waals surface area contributed by atoms with Crippen molar-refractivity contribution < 1.29 is 4.39 Å². The molecule has 0 spiro atoms. The second-order valence-corrected chi connectivity index (χ2v) is 4.77. The van der Waals surface area contributed by atoms with Crippen LogP contribution in [0.4, 0.5) is 10.2 Å². The Labute approximate surface area is 108 Å². The van der Waals surface area contributed by atoms with Crippen molar-refractivity contribution in [2.75, 3.05) is 5.32 Å². The standard InChI is InChI=1S/C12H13BrFN3/c1-8(15-12-5-6-17(2)16-12)9-3-4-11(14)10(13)7-9/h3-8H,1-2H3,(H,15,16). The Balaban J connectivity index is 2.14. The Kier molecular flexibility index (Phi) is 3.47. The van der Waals surface area contributed by atoms with E-state index >= 15 is 0 Å². The third-order valence-electron chi connectivity index (χ3n) is 2.52. The molecule has 90 valence electrons. The Bertz CT molecular complexity index is 524. The number of hydrogen-bond donors (Lipinski definition) is 1. The van der Waals surface area contributed by atoms with Gasteiger partial charge in [-0.25, -0.2) is 4.39 Å². The summed E-state index contributed by atoms with van der Waals surface area (Å²) in [4.78, 5) is 0. The van der Waals surface area contributed by atoms with Crippen LogP contribution >= 0.6 is 15.9 Å². The molecule has 0 radical (unpaired) electrons. The van der Waals surface area contributed by atoms with Crippen molar-refractivity contribution in [3.63, 3.8) is 0 Å². The van der Waals surface area contributed by atoms with Gasteiger partial charge in [0.15, 0.2) is 0 Å². The van der Waals surface area contributed by atoms with Crippen molar-refractivity contribution >= 4 is 21.7 Å². The molecule has 1 aromatic carbocycles. The number of aryl methyl sites for hydroxylation is 1. The van der Waals surface area contributed by atoms with E-state index in [-0.39, 0.29) is 11.9 Å². The maximum atomic E-state index is 13.1. The molecule has 0 aliphatic carbocycles. The second-order valence-electron chi connectivity index (χ2n) is 3.91. The number of benzene rings is 1. The van der Waals surface area contributed by atoms with E-state index in [0.29, 0.717) is 4.47 Å². The number of aromatic nitrogens is 2. The third kappa shape index (κ3) is 2.85. The van der Waals surface area contributed by atoms with Gasteiger partial charge in [0, 0.05) is 19.3 Å². The van der Waals surface area contributed by atoms with Crippen LogP contribution in [0.1, 0.15) is 18.5 Å². The summed E-state index contributed by atoms with van der Waals surface area (Å²) in [5.74, 6) is 0.555. The lowest BCUT2D eigenvalue weighted by Crippen LogP contribution is -2.07. The average molecular weight is 298 g/mol. The van der Waals surface area contributed by atoms with Gasteiger partial charge in [-0.1, -0.05) is 6.07 Å². The molecule has 0 bridgehead atoms. The van der Waals surface area contributed by atoms with E-state index in [2.05, 4.69) is 26.3 Å². The predicted octanol–water partition coefficient (Wildman–Crippen LogP) is 3.49. The highest BCUT2D eigenvalue weighted by molar-refractivity contribution is 9.10. The highest BCUT2D eigenvalue weighted by Gasteiger charge is 2.09. The van der Waals surface area contributed by atoms with Gasteiger partial charge >= 0.3 is 0 Å². The molecule has 2 rings (SSSR count). The lowest BCUT2D eigenvalue weighted by atomic mass is 10.1. The molecule has 3 nitrogen and oxygen atoms in total. The minimum Gasteiger partial charge on any atom is -0.362 e. The van der Waals surface area contributed by atoms with Crippen LogP contribution in [0, 0.1) is 5.82 Å². The minimum atomic E-state index is -0.251. The van der Waals surface area contributed by atoms with Gasteiger partial charge in [0.05, 0.1) is 10.5 Å². The summed E-state index contributed by atoms with van der Waals surface area (Å²) in [6, 6.07) is 6.96. The van der Waals surface area contributed by atoms with Crippen LogP contribution in [0.3, 0.4) is 0 Å². The van der Waals surface area contributed by atoms with Gasteiger partial charge in [-0.05, 0) is 40.5 Å². The highest BCUT2D eigenvalue weighted by atomic mass is 79.9. The molecular formula is C12H13BrFN3. The largest absolute Gasteiger partial charge is 0.362 e. The van der Waals surface area contributed by atoms with Gasteiger partial charge in [0.2, 0.25) is 0 Å². The van der Waals surface area contributed by atoms with Crippen LogP contribution in [-0.2, 0) is 7.05 Å². The number of nitrogens with one attached hydrogen (secondary N) is 1. The van der Waals surface area contributed by atoms with E-state index < -0.39 is 0 Å². The Morgan fingerprint density at radius 2 is 2.18 bits per heavy atom. The van der Waals surface area contributed by atoms with Crippen LogP contribution in [0.25, 0.3) is 0 Å². The predicted molar refractivity (Wildman–Crippen MR) is 69.3 cm³/mol. The van der Waals surface area contributed by atoms with Crippen LogP contribution < -0.4 is 5.32 Å². The van der Waals surface area contributed by atoms with Crippen molar-refractivity contribution in [3.05, 3.63) is 46.3 Å². The van der Waals surface area contributed by atoms with Crippen molar-refractivity contribution in [2.24, 2.45) is 7.05 Å². The smallest absolute Gasteiger partial charge is 0.148 e. The van der Waals surface area contributed by atoms with Gasteiger partial charge < -0.3 is 5.32 Å². The molecule has 1 heterocycles. The molecule has 1 unspecified atom stereocenters. The number of hydrogen-bond acceptors (Lipinski definition) is 2. The average Bonchev–Trinajstić information content (AvgIpc) is 2.68. The SMILES string of the molecule is CC(Nc1ccn(C)n1)c1ccc(F)c(Br)c1. The van der Waals surface area contributed by atoms with Gasteiger partial charge in [-0.15, -0.1) is 0 Å². The van der Waals surface area contributed by atoms with Crippen LogP contribution in [-0.4, -0.2) is 9.78 Å². The molecule has 2 aromatic rings. The fourth-order valence-electron chi connectivity index (χ4n) is 1.58. The van der Waals surface area contributed by atoms with E-state index in [1.165, 1.54) is 6.07 Å². The first-order chi connectivity index (χ1) is 8.06. The summed E-state index contributed by atoms with van der Waals surface area (Å²) in [6.07, 6.45) is 1.87. The molecule has 0 saturated carbocycles. The first kappa shape index (κ1) is 12.1. The Hall–Kier alpha value is -1.36. The molecule has 0 amide bonds. The second kappa shape index (κ2) is 4.87. The molecule has 1 N–H and O–H groups in total. The van der Waals surface area contributed by atoms with E-state index in [9.17, 15) is 4.39 Å². The van der Waals surface area contributed by atoms with Crippen LogP contribution in [0.5, 0.6) is 0 Å². The monoisotopic (exact) mass is 297 g/mol. The lowest BCUT2D eigenvalue weighted by molar-refractivity contribution is 0.619. The number of nitrogens with zero attached hydrogens (tertiary/aromatic N) is 2. The third-order valence-corrected chi connectivity index (χ3v) is 3.13. The summed E-state index contributed by atoms with van der Waals surface area (Å²) < 4.78 is 15.3. The fourth-order valence-corrected chi connectivity index (χ4v) is 1.98. The first-order valence-corrected chi connectivity index (χ1v) is 6.06. The van der Waals surface area contributed by atoms with Crippen molar-refractivity contribution in [1.29, 1.82) is 0 Å². The topological polar surface area (TPSA) is 29.9 Å². The zero-order valence-electron chi connectivity index (χ0n) is 9.61. The zero-order valence-corrected chi connectivity index (χ0v) is 11.2. The Morgan fingerprint density at radius 1 is 1.41 bits per heavy atom. The van der Waals surface area contributed by atoms with E-state index in [1.807, 2.05) is 26.2 Å². The number of halogens is 2. The summed E-state index contributed by atoms with van der Waals surface area (Å²) in [7, 11) is 1.87. The molecule has 17 heavy (non-hydrogen) atoms. The lowest BCUT2D eigenvalue weighted by Gasteiger charge is -2.14. The summed E-state index contributed by atoms with van der Waals surface area (Å²) >= 11 is 3.18. The van der Waals surface area contributed by atoms with Crippen molar-refractivity contribution in [3.8, 4) is 0 Å². The summed E-state index contributed by atoms with van der Waals surface area (Å²) in [5, 5.41) is 7.49. The summed E-state index contributed by atoms with van der Waals surface area (Å²) in [6.45, 7) is 2.01. The first-order valence-electron chi connectivity index (χ1n) is 5.27. The number of anilines is 1. The van der Waals surface area contributed by atoms with Crippen LogP contribution in [0.15, 0.2) is 34.9 Å². The highest BCUT2D eigenvalue weighted by Crippen LogP contribution is 2.23. The van der Waals surface area contributed by atoms with E-state index in [4.69, 9.17) is 0 Å².